The maximum absolute atomic E-state index is 11.7. The number of carbonyl (C=O) groups excluding carboxylic acids is 2. The van der Waals surface area contributed by atoms with Crippen LogP contribution in [-0.4, -0.2) is 36.5 Å². The van der Waals surface area contributed by atoms with E-state index in [0.29, 0.717) is 6.42 Å². The topological polar surface area (TPSA) is 46.6 Å². The van der Waals surface area contributed by atoms with Gasteiger partial charge in [-0.1, -0.05) is 19.8 Å². The lowest BCUT2D eigenvalue weighted by molar-refractivity contribution is -0.148. The molecule has 1 aliphatic carbocycles. The van der Waals surface area contributed by atoms with Gasteiger partial charge in [0.05, 0.1) is 7.11 Å². The largest absolute Gasteiger partial charge is 0.468 e. The predicted molar refractivity (Wildman–Crippen MR) is 56.3 cm³/mol. The molecule has 0 unspecified atom stereocenters. The highest BCUT2D eigenvalue weighted by atomic mass is 16.5. The summed E-state index contributed by atoms with van der Waals surface area (Å²) in [6.45, 7) is 1.93. The van der Waals surface area contributed by atoms with Gasteiger partial charge >= 0.3 is 5.97 Å². The van der Waals surface area contributed by atoms with E-state index in [4.69, 9.17) is 0 Å². The molecule has 15 heavy (non-hydrogen) atoms. The minimum Gasteiger partial charge on any atom is -0.468 e. The van der Waals surface area contributed by atoms with Crippen LogP contribution in [0.3, 0.4) is 0 Å². The molecule has 4 nitrogen and oxygen atoms in total. The Morgan fingerprint density at radius 3 is 2.40 bits per heavy atom. The molecule has 86 valence electrons. The molecule has 0 spiro atoms. The van der Waals surface area contributed by atoms with Crippen LogP contribution >= 0.6 is 0 Å². The monoisotopic (exact) mass is 213 g/mol. The summed E-state index contributed by atoms with van der Waals surface area (Å²) >= 11 is 0. The van der Waals surface area contributed by atoms with Gasteiger partial charge in [-0.3, -0.25) is 9.59 Å². The number of methoxy groups -OCH3 is 1. The van der Waals surface area contributed by atoms with Gasteiger partial charge in [-0.2, -0.15) is 0 Å². The van der Waals surface area contributed by atoms with E-state index in [1.54, 1.807) is 4.90 Å². The van der Waals surface area contributed by atoms with Gasteiger partial charge in [-0.25, -0.2) is 0 Å². The lowest BCUT2D eigenvalue weighted by Crippen LogP contribution is -2.42. The van der Waals surface area contributed by atoms with Crippen molar-refractivity contribution in [1.29, 1.82) is 0 Å². The van der Waals surface area contributed by atoms with Crippen molar-refractivity contribution in [2.75, 3.05) is 13.7 Å². The summed E-state index contributed by atoms with van der Waals surface area (Å²) in [5.41, 5.74) is 0. The van der Waals surface area contributed by atoms with Gasteiger partial charge in [0.2, 0.25) is 5.91 Å². The van der Waals surface area contributed by atoms with E-state index in [-0.39, 0.29) is 24.5 Å². The van der Waals surface area contributed by atoms with Gasteiger partial charge < -0.3 is 9.64 Å². The van der Waals surface area contributed by atoms with Crippen molar-refractivity contribution in [3.63, 3.8) is 0 Å². The molecule has 0 aliphatic heterocycles. The first-order chi connectivity index (χ1) is 7.19. The molecule has 0 radical (unpaired) electrons. The highest BCUT2D eigenvalue weighted by Crippen LogP contribution is 2.23. The lowest BCUT2D eigenvalue weighted by atomic mass is 10.2. The number of nitrogens with zero attached hydrogens (tertiary/aromatic N) is 1. The molecule has 1 fully saturated rings. The summed E-state index contributed by atoms with van der Waals surface area (Å²) in [5, 5.41) is 0. The van der Waals surface area contributed by atoms with Crippen LogP contribution in [0.5, 0.6) is 0 Å². The van der Waals surface area contributed by atoms with Gasteiger partial charge in [0.15, 0.2) is 0 Å². The number of ether oxygens (including phenoxy) is 1. The fourth-order valence-corrected chi connectivity index (χ4v) is 2.04. The number of esters is 1. The fraction of sp³-hybridized carbons (Fsp3) is 0.818. The van der Waals surface area contributed by atoms with Crippen LogP contribution in [0, 0.1) is 0 Å². The molecule has 1 aliphatic rings. The van der Waals surface area contributed by atoms with E-state index in [2.05, 4.69) is 4.74 Å². The minimum atomic E-state index is -0.330. The van der Waals surface area contributed by atoms with Crippen molar-refractivity contribution >= 4 is 11.9 Å². The van der Waals surface area contributed by atoms with Crippen molar-refractivity contribution in [3.05, 3.63) is 0 Å². The Kier molecular flexibility index (Phi) is 4.59. The predicted octanol–water partition coefficient (Wildman–Crippen LogP) is 1.34. The van der Waals surface area contributed by atoms with Crippen LogP contribution < -0.4 is 0 Å². The summed E-state index contributed by atoms with van der Waals surface area (Å²) in [6, 6.07) is 0.247. The summed E-state index contributed by atoms with van der Waals surface area (Å²) < 4.78 is 4.60. The molecule has 4 heteroatoms. The Morgan fingerprint density at radius 1 is 1.33 bits per heavy atom. The molecule has 0 aromatic rings. The smallest absolute Gasteiger partial charge is 0.325 e. The van der Waals surface area contributed by atoms with E-state index in [1.807, 2.05) is 6.92 Å². The third-order valence-corrected chi connectivity index (χ3v) is 2.92. The molecule has 0 N–H and O–H groups in total. The van der Waals surface area contributed by atoms with Crippen LogP contribution in [0.1, 0.15) is 39.0 Å². The van der Waals surface area contributed by atoms with E-state index in [9.17, 15) is 9.59 Å². The highest BCUT2D eigenvalue weighted by Gasteiger charge is 2.27. The van der Waals surface area contributed by atoms with Crippen LogP contribution in [0.25, 0.3) is 0 Å². The van der Waals surface area contributed by atoms with E-state index in [0.717, 1.165) is 25.7 Å². The van der Waals surface area contributed by atoms with Gasteiger partial charge in [0.25, 0.3) is 0 Å². The average molecular weight is 213 g/mol. The minimum absolute atomic E-state index is 0.0484. The molecule has 1 amide bonds. The fourth-order valence-electron chi connectivity index (χ4n) is 2.04. The van der Waals surface area contributed by atoms with E-state index in [1.165, 1.54) is 7.11 Å². The third kappa shape index (κ3) is 3.22. The molecular formula is C11H19NO3. The SMILES string of the molecule is CCC(=O)N(CC(=O)OC)C1CCCC1. The molecule has 0 heterocycles. The van der Waals surface area contributed by atoms with Crippen LogP contribution in [-0.2, 0) is 14.3 Å². The normalized spacial score (nSPS) is 16.4. The van der Waals surface area contributed by atoms with Crippen molar-refractivity contribution in [1.82, 2.24) is 4.90 Å². The Hall–Kier alpha value is -1.06. The Balaban J connectivity index is 2.59. The van der Waals surface area contributed by atoms with Crippen LogP contribution in [0.4, 0.5) is 0 Å². The Morgan fingerprint density at radius 2 is 1.93 bits per heavy atom. The van der Waals surface area contributed by atoms with Crippen LogP contribution in [0.15, 0.2) is 0 Å². The summed E-state index contributed by atoms with van der Waals surface area (Å²) in [5.74, 6) is -0.281. The second-order valence-electron chi connectivity index (χ2n) is 3.89. The maximum atomic E-state index is 11.7. The Bertz CT molecular complexity index is 234. The van der Waals surface area contributed by atoms with Crippen LogP contribution in [0.2, 0.25) is 0 Å². The summed E-state index contributed by atoms with van der Waals surface area (Å²) in [6.07, 6.45) is 4.79. The van der Waals surface area contributed by atoms with Gasteiger partial charge in [0.1, 0.15) is 6.54 Å². The molecular weight excluding hydrogens is 194 g/mol. The van der Waals surface area contributed by atoms with E-state index < -0.39 is 0 Å². The van der Waals surface area contributed by atoms with Crippen molar-refractivity contribution in [2.45, 2.75) is 45.1 Å². The maximum Gasteiger partial charge on any atom is 0.325 e. The third-order valence-electron chi connectivity index (χ3n) is 2.92. The molecule has 0 atom stereocenters. The molecule has 1 saturated carbocycles. The lowest BCUT2D eigenvalue weighted by Gasteiger charge is -2.27. The number of hydrogen-bond donors (Lipinski definition) is 0. The number of rotatable bonds is 4. The summed E-state index contributed by atoms with van der Waals surface area (Å²) in [7, 11) is 1.35. The molecule has 0 saturated heterocycles. The van der Waals surface area contributed by atoms with Crippen molar-refractivity contribution < 1.29 is 14.3 Å². The first-order valence-corrected chi connectivity index (χ1v) is 5.55. The second kappa shape index (κ2) is 5.73. The van der Waals surface area contributed by atoms with Gasteiger partial charge in [-0.15, -0.1) is 0 Å². The highest BCUT2D eigenvalue weighted by molar-refractivity contribution is 5.82. The molecule has 0 aromatic carbocycles. The standard InChI is InChI=1S/C11H19NO3/c1-3-10(13)12(8-11(14)15-2)9-6-4-5-7-9/h9H,3-8H2,1-2H3. The molecule has 1 rings (SSSR count). The van der Waals surface area contributed by atoms with E-state index >= 15 is 0 Å². The van der Waals surface area contributed by atoms with Crippen molar-refractivity contribution in [2.24, 2.45) is 0 Å². The summed E-state index contributed by atoms with van der Waals surface area (Å²) in [4.78, 5) is 24.5. The zero-order chi connectivity index (χ0) is 11.3. The van der Waals surface area contributed by atoms with Crippen molar-refractivity contribution in [3.8, 4) is 0 Å². The Labute approximate surface area is 90.6 Å². The first-order valence-electron chi connectivity index (χ1n) is 5.55. The zero-order valence-electron chi connectivity index (χ0n) is 9.49. The number of hydrogen-bond acceptors (Lipinski definition) is 3. The number of amides is 1. The molecule has 0 bridgehead atoms. The van der Waals surface area contributed by atoms with Gasteiger partial charge in [-0.05, 0) is 12.8 Å². The first kappa shape index (κ1) is 12.0. The second-order valence-corrected chi connectivity index (χ2v) is 3.89. The van der Waals surface area contributed by atoms with Gasteiger partial charge in [0, 0.05) is 12.5 Å². The quantitative estimate of drug-likeness (QED) is 0.662. The molecule has 0 aromatic heterocycles. The zero-order valence-corrected chi connectivity index (χ0v) is 9.49. The average Bonchev–Trinajstić information content (AvgIpc) is 2.77. The number of carbonyl (C=O) groups is 2.